The Balaban J connectivity index is 2.18. The molecule has 1 aromatic rings. The van der Waals surface area contributed by atoms with E-state index in [-0.39, 0.29) is 23.4 Å². The summed E-state index contributed by atoms with van der Waals surface area (Å²) >= 11 is 0. The van der Waals surface area contributed by atoms with E-state index in [1.807, 2.05) is 18.2 Å². The summed E-state index contributed by atoms with van der Waals surface area (Å²) in [6.45, 7) is 11.1. The van der Waals surface area contributed by atoms with Crippen molar-refractivity contribution in [2.75, 3.05) is 14.2 Å². The van der Waals surface area contributed by atoms with Crippen LogP contribution in [0.3, 0.4) is 0 Å². The predicted octanol–water partition coefficient (Wildman–Crippen LogP) is 4.72. The van der Waals surface area contributed by atoms with Crippen LogP contribution in [0, 0.1) is 17.3 Å². The van der Waals surface area contributed by atoms with Crippen molar-refractivity contribution >= 4 is 0 Å². The van der Waals surface area contributed by atoms with Crippen molar-refractivity contribution in [3.63, 3.8) is 0 Å². The number of allylic oxidation sites excluding steroid dienone is 2. The monoisotopic (exact) mass is 342 g/mol. The smallest absolute Gasteiger partial charge is 0.122 e. The molecule has 3 heteroatoms. The van der Waals surface area contributed by atoms with Crippen molar-refractivity contribution in [3.8, 4) is 11.5 Å². The van der Waals surface area contributed by atoms with Crippen LogP contribution in [0.15, 0.2) is 42.0 Å². The second kappa shape index (κ2) is 6.53. The highest BCUT2D eigenvalue weighted by Crippen LogP contribution is 2.57. The number of fused-ring (bicyclic) bond motifs is 1. The second-order valence-electron chi connectivity index (χ2n) is 8.14. The van der Waals surface area contributed by atoms with Gasteiger partial charge in [-0.2, -0.15) is 0 Å². The Hall–Kier alpha value is -1.74. The standard InChI is InChI=1S/C22H30O3/c1-13-7-9-17-21(18(23)12-22(17,3)4)20(14(13)2)16-11-15(24-5)8-10-19(16)25-6/h8-11,13,18,20-21,23H,2,7,12H2,1,3-6H3/t13-,18-,20+,21+/m1/s1. The van der Waals surface area contributed by atoms with Crippen molar-refractivity contribution in [2.45, 2.75) is 45.6 Å². The molecule has 0 heterocycles. The van der Waals surface area contributed by atoms with E-state index in [0.29, 0.717) is 5.92 Å². The molecule has 1 N–H and O–H groups in total. The molecule has 4 atom stereocenters. The molecule has 0 aromatic heterocycles. The SMILES string of the molecule is C=C1[C@H](C)CC=C2[C@@H]([C@H](O)CC2(C)C)[C@@H]1c1cc(OC)ccc1OC. The zero-order valence-electron chi connectivity index (χ0n) is 16.0. The van der Waals surface area contributed by atoms with E-state index < -0.39 is 0 Å². The summed E-state index contributed by atoms with van der Waals surface area (Å²) in [5.41, 5.74) is 3.60. The van der Waals surface area contributed by atoms with Crippen LogP contribution in [0.4, 0.5) is 0 Å². The molecule has 25 heavy (non-hydrogen) atoms. The number of aliphatic hydroxyl groups excluding tert-OH is 1. The van der Waals surface area contributed by atoms with E-state index >= 15 is 0 Å². The van der Waals surface area contributed by atoms with Gasteiger partial charge in [0.2, 0.25) is 0 Å². The van der Waals surface area contributed by atoms with Gasteiger partial charge in [-0.25, -0.2) is 0 Å². The van der Waals surface area contributed by atoms with E-state index in [9.17, 15) is 5.11 Å². The Labute approximate surface area is 151 Å². The lowest BCUT2D eigenvalue weighted by molar-refractivity contribution is 0.123. The van der Waals surface area contributed by atoms with Gasteiger partial charge < -0.3 is 14.6 Å². The lowest BCUT2D eigenvalue weighted by Gasteiger charge is -2.32. The predicted molar refractivity (Wildman–Crippen MR) is 101 cm³/mol. The van der Waals surface area contributed by atoms with E-state index in [2.05, 4.69) is 33.4 Å². The van der Waals surface area contributed by atoms with E-state index in [1.165, 1.54) is 11.1 Å². The van der Waals surface area contributed by atoms with E-state index in [0.717, 1.165) is 29.9 Å². The van der Waals surface area contributed by atoms with Crippen LogP contribution in [0.25, 0.3) is 0 Å². The molecule has 1 saturated carbocycles. The van der Waals surface area contributed by atoms with Crippen LogP contribution in [-0.4, -0.2) is 25.4 Å². The molecule has 2 aliphatic rings. The van der Waals surface area contributed by atoms with Gasteiger partial charge in [0.05, 0.1) is 20.3 Å². The summed E-state index contributed by atoms with van der Waals surface area (Å²) in [7, 11) is 3.37. The molecule has 2 aliphatic carbocycles. The maximum atomic E-state index is 11.0. The lowest BCUT2D eigenvalue weighted by atomic mass is 9.73. The maximum absolute atomic E-state index is 11.0. The number of rotatable bonds is 3. The summed E-state index contributed by atoms with van der Waals surface area (Å²) in [6.07, 6.45) is 3.74. The molecule has 1 fully saturated rings. The fourth-order valence-electron chi connectivity index (χ4n) is 4.71. The minimum Gasteiger partial charge on any atom is -0.497 e. The van der Waals surface area contributed by atoms with Crippen molar-refractivity contribution < 1.29 is 14.6 Å². The van der Waals surface area contributed by atoms with Crippen LogP contribution in [0.2, 0.25) is 0 Å². The third-order valence-electron chi connectivity index (χ3n) is 6.13. The molecule has 136 valence electrons. The first-order valence-electron chi connectivity index (χ1n) is 9.09. The summed E-state index contributed by atoms with van der Waals surface area (Å²) in [6, 6.07) is 5.91. The molecule has 0 aliphatic heterocycles. The van der Waals surface area contributed by atoms with Crippen molar-refractivity contribution in [2.24, 2.45) is 17.3 Å². The van der Waals surface area contributed by atoms with Gasteiger partial charge in [-0.1, -0.05) is 44.6 Å². The Morgan fingerprint density at radius 1 is 1.20 bits per heavy atom. The molecule has 3 nitrogen and oxygen atoms in total. The van der Waals surface area contributed by atoms with Crippen LogP contribution < -0.4 is 9.47 Å². The number of hydrogen-bond acceptors (Lipinski definition) is 3. The van der Waals surface area contributed by atoms with Crippen molar-refractivity contribution in [3.05, 3.63) is 47.6 Å². The fourth-order valence-corrected chi connectivity index (χ4v) is 4.71. The Kier molecular flexibility index (Phi) is 4.72. The number of hydrogen-bond donors (Lipinski definition) is 1. The molecule has 3 rings (SSSR count). The average molecular weight is 342 g/mol. The largest absolute Gasteiger partial charge is 0.497 e. The highest BCUT2D eigenvalue weighted by Gasteiger charge is 2.49. The number of aliphatic hydroxyl groups is 1. The zero-order chi connectivity index (χ0) is 18.4. The van der Waals surface area contributed by atoms with Gasteiger partial charge in [-0.15, -0.1) is 0 Å². The normalized spacial score (nSPS) is 31.1. The number of methoxy groups -OCH3 is 2. The van der Waals surface area contributed by atoms with E-state index in [4.69, 9.17) is 9.47 Å². The van der Waals surface area contributed by atoms with Crippen LogP contribution >= 0.6 is 0 Å². The number of ether oxygens (including phenoxy) is 2. The molecule has 0 bridgehead atoms. The maximum Gasteiger partial charge on any atom is 0.122 e. The fraction of sp³-hybridized carbons (Fsp3) is 0.545. The summed E-state index contributed by atoms with van der Waals surface area (Å²) in [4.78, 5) is 0. The second-order valence-corrected chi connectivity index (χ2v) is 8.14. The lowest BCUT2D eigenvalue weighted by Crippen LogP contribution is -2.25. The molecule has 0 spiro atoms. The molecule has 0 saturated heterocycles. The van der Waals surface area contributed by atoms with Gasteiger partial charge in [-0.05, 0) is 42.4 Å². The van der Waals surface area contributed by atoms with Crippen molar-refractivity contribution in [1.29, 1.82) is 0 Å². The molecular formula is C22H30O3. The minimum absolute atomic E-state index is 0.0127. The molecule has 0 radical (unpaired) electrons. The molecule has 0 unspecified atom stereocenters. The zero-order valence-corrected chi connectivity index (χ0v) is 16.0. The molecule has 0 amide bonds. The van der Waals surface area contributed by atoms with Gasteiger partial charge in [-0.3, -0.25) is 0 Å². The first-order valence-corrected chi connectivity index (χ1v) is 9.09. The van der Waals surface area contributed by atoms with E-state index in [1.54, 1.807) is 14.2 Å². The van der Waals surface area contributed by atoms with Gasteiger partial charge in [0.15, 0.2) is 0 Å². The number of benzene rings is 1. The topological polar surface area (TPSA) is 38.7 Å². The Morgan fingerprint density at radius 2 is 1.92 bits per heavy atom. The van der Waals surface area contributed by atoms with Gasteiger partial charge in [0, 0.05) is 17.4 Å². The van der Waals surface area contributed by atoms with Gasteiger partial charge >= 0.3 is 0 Å². The summed E-state index contributed by atoms with van der Waals surface area (Å²) in [5.74, 6) is 2.08. The third kappa shape index (κ3) is 2.99. The van der Waals surface area contributed by atoms with Gasteiger partial charge in [0.25, 0.3) is 0 Å². The quantitative estimate of drug-likeness (QED) is 0.808. The Morgan fingerprint density at radius 3 is 2.56 bits per heavy atom. The average Bonchev–Trinajstić information content (AvgIpc) is 2.71. The van der Waals surface area contributed by atoms with Gasteiger partial charge in [0.1, 0.15) is 11.5 Å². The molecule has 1 aromatic carbocycles. The third-order valence-corrected chi connectivity index (χ3v) is 6.13. The first-order chi connectivity index (χ1) is 11.8. The Bertz CT molecular complexity index is 701. The van der Waals surface area contributed by atoms with Crippen LogP contribution in [0.5, 0.6) is 11.5 Å². The highest BCUT2D eigenvalue weighted by molar-refractivity contribution is 5.49. The minimum atomic E-state index is -0.371. The van der Waals surface area contributed by atoms with Crippen LogP contribution in [0.1, 0.15) is 45.1 Å². The van der Waals surface area contributed by atoms with Crippen LogP contribution in [-0.2, 0) is 0 Å². The highest BCUT2D eigenvalue weighted by atomic mass is 16.5. The summed E-state index contributed by atoms with van der Waals surface area (Å²) in [5, 5.41) is 11.0. The summed E-state index contributed by atoms with van der Waals surface area (Å²) < 4.78 is 11.1. The molecular weight excluding hydrogens is 312 g/mol. The first kappa shape index (κ1) is 18.1. The van der Waals surface area contributed by atoms with Crippen molar-refractivity contribution in [1.82, 2.24) is 0 Å².